The van der Waals surface area contributed by atoms with Crippen LogP contribution in [0.2, 0.25) is 0 Å². The first-order valence-electron chi connectivity index (χ1n) is 9.79. The number of thiocarbonyl (C=S) groups is 1. The van der Waals surface area contributed by atoms with Gasteiger partial charge in [0.25, 0.3) is 11.8 Å². The monoisotopic (exact) mass is 448 g/mol. The van der Waals surface area contributed by atoms with Crippen LogP contribution in [0.15, 0.2) is 71.2 Å². The van der Waals surface area contributed by atoms with Crippen molar-refractivity contribution in [2.45, 2.75) is 26.3 Å². The molecule has 31 heavy (non-hydrogen) atoms. The van der Waals surface area contributed by atoms with Gasteiger partial charge >= 0.3 is 0 Å². The van der Waals surface area contributed by atoms with E-state index < -0.39 is 11.9 Å². The lowest BCUT2D eigenvalue weighted by Gasteiger charge is -2.21. The lowest BCUT2D eigenvalue weighted by Crippen LogP contribution is -2.44. The van der Waals surface area contributed by atoms with E-state index in [-0.39, 0.29) is 18.2 Å². The predicted molar refractivity (Wildman–Crippen MR) is 127 cm³/mol. The number of rotatable bonds is 4. The Kier molecular flexibility index (Phi) is 5.89. The van der Waals surface area contributed by atoms with E-state index >= 15 is 0 Å². The van der Waals surface area contributed by atoms with Crippen LogP contribution in [0.4, 0.5) is 5.69 Å². The van der Waals surface area contributed by atoms with Crippen molar-refractivity contribution in [2.24, 2.45) is 0 Å². The first kappa shape index (κ1) is 21.2. The maximum absolute atomic E-state index is 13.1. The van der Waals surface area contributed by atoms with Gasteiger partial charge in [-0.15, -0.1) is 0 Å². The van der Waals surface area contributed by atoms with Crippen LogP contribution in [0.5, 0.6) is 0 Å². The van der Waals surface area contributed by atoms with Gasteiger partial charge in [-0.3, -0.25) is 19.3 Å². The number of nitrogens with zero attached hydrogens (tertiary/aromatic N) is 2. The van der Waals surface area contributed by atoms with Crippen LogP contribution in [-0.2, 0) is 14.4 Å². The lowest BCUT2D eigenvalue weighted by atomic mass is 10.1. The molecule has 1 unspecified atom stereocenters. The van der Waals surface area contributed by atoms with E-state index in [1.807, 2.05) is 56.3 Å². The highest BCUT2D eigenvalue weighted by Gasteiger charge is 2.48. The van der Waals surface area contributed by atoms with E-state index in [1.165, 1.54) is 4.90 Å². The molecule has 0 N–H and O–H groups in total. The molecule has 2 aliphatic rings. The molecule has 5 nitrogen and oxygen atoms in total. The van der Waals surface area contributed by atoms with Gasteiger partial charge in [0.1, 0.15) is 10.4 Å². The van der Waals surface area contributed by atoms with Crippen LogP contribution < -0.4 is 4.90 Å². The molecule has 156 valence electrons. The molecule has 0 bridgehead atoms. The summed E-state index contributed by atoms with van der Waals surface area (Å²) in [6.45, 7) is 3.80. The third kappa shape index (κ3) is 4.24. The second kappa shape index (κ2) is 8.61. The average molecular weight is 449 g/mol. The highest BCUT2D eigenvalue weighted by atomic mass is 32.2. The van der Waals surface area contributed by atoms with Crippen molar-refractivity contribution in [1.82, 2.24) is 4.90 Å². The smallest absolute Gasteiger partial charge is 0.266 e. The first-order valence-corrected chi connectivity index (χ1v) is 11.0. The summed E-state index contributed by atoms with van der Waals surface area (Å²) in [6, 6.07) is 16.1. The number of benzene rings is 2. The van der Waals surface area contributed by atoms with Crippen molar-refractivity contribution in [2.75, 3.05) is 4.90 Å². The van der Waals surface area contributed by atoms with Crippen LogP contribution >= 0.6 is 24.0 Å². The zero-order chi connectivity index (χ0) is 22.1. The topological polar surface area (TPSA) is 57.7 Å². The molecular formula is C24H20N2O3S2. The molecule has 2 aromatic rings. The van der Waals surface area contributed by atoms with E-state index in [1.54, 1.807) is 24.3 Å². The Balaban J connectivity index is 1.57. The van der Waals surface area contributed by atoms with Gasteiger partial charge in [-0.05, 0) is 48.8 Å². The van der Waals surface area contributed by atoms with Crippen molar-refractivity contribution in [1.29, 1.82) is 0 Å². The number of imide groups is 1. The zero-order valence-corrected chi connectivity index (χ0v) is 18.7. The molecule has 4 rings (SSSR count). The summed E-state index contributed by atoms with van der Waals surface area (Å²) in [7, 11) is 0. The van der Waals surface area contributed by atoms with E-state index in [9.17, 15) is 14.4 Å². The van der Waals surface area contributed by atoms with E-state index in [2.05, 4.69) is 0 Å². The Morgan fingerprint density at radius 1 is 1.10 bits per heavy atom. The summed E-state index contributed by atoms with van der Waals surface area (Å²) in [4.78, 5) is 41.7. The normalized spacial score (nSPS) is 21.0. The van der Waals surface area contributed by atoms with Gasteiger partial charge in [0, 0.05) is 0 Å². The number of anilines is 1. The average Bonchev–Trinajstić information content (AvgIpc) is 3.16. The standard InChI is InChI=1S/C24H20N2O3S2/c1-15-7-6-10-18(12-15)25-21(27)14-19(22(25)28)26-23(29)20(31-24(26)30)13-16(2)11-17-8-4-3-5-9-17/h3-13,19H,14H2,1-2H3/b16-11+,20-13-. The molecular weight excluding hydrogens is 428 g/mol. The fraction of sp³-hybridized carbons (Fsp3) is 0.167. The molecule has 2 aromatic carbocycles. The number of hydrogen-bond acceptors (Lipinski definition) is 5. The van der Waals surface area contributed by atoms with E-state index in [0.717, 1.165) is 33.4 Å². The lowest BCUT2D eigenvalue weighted by molar-refractivity contribution is -0.130. The SMILES string of the molecule is CC(/C=C1\SC(=S)N(C2CC(=O)N(c3cccc(C)c3)C2=O)C1=O)=C\c1ccccc1. The number of carbonyl (C=O) groups excluding carboxylic acids is 3. The van der Waals surface area contributed by atoms with Crippen molar-refractivity contribution in [3.05, 3.63) is 82.3 Å². The Bertz CT molecular complexity index is 1150. The maximum Gasteiger partial charge on any atom is 0.266 e. The van der Waals surface area contributed by atoms with Gasteiger partial charge < -0.3 is 0 Å². The molecule has 1 atom stereocenters. The Morgan fingerprint density at radius 3 is 2.55 bits per heavy atom. The molecule has 3 amide bonds. The van der Waals surface area contributed by atoms with Crippen LogP contribution in [0.1, 0.15) is 24.5 Å². The first-order chi connectivity index (χ1) is 14.8. The van der Waals surface area contributed by atoms with Crippen molar-refractivity contribution >= 4 is 57.8 Å². The summed E-state index contributed by atoms with van der Waals surface area (Å²) >= 11 is 6.56. The van der Waals surface area contributed by atoms with Crippen LogP contribution in [0, 0.1) is 6.92 Å². The highest BCUT2D eigenvalue weighted by Crippen LogP contribution is 2.37. The molecule has 2 aliphatic heterocycles. The molecule has 7 heteroatoms. The Labute approximate surface area is 190 Å². The molecule has 0 aromatic heterocycles. The van der Waals surface area contributed by atoms with E-state index in [0.29, 0.717) is 14.9 Å². The molecule has 2 saturated heterocycles. The second-order valence-electron chi connectivity index (χ2n) is 7.48. The van der Waals surface area contributed by atoms with Gasteiger partial charge in [0.05, 0.1) is 17.0 Å². The van der Waals surface area contributed by atoms with Gasteiger partial charge in [-0.25, -0.2) is 4.90 Å². The van der Waals surface area contributed by atoms with Gasteiger partial charge in [-0.2, -0.15) is 0 Å². The number of aryl methyl sites for hydroxylation is 1. The fourth-order valence-corrected chi connectivity index (χ4v) is 5.07. The Morgan fingerprint density at radius 2 is 1.84 bits per heavy atom. The van der Waals surface area contributed by atoms with Gasteiger partial charge in [-0.1, -0.05) is 72.5 Å². The quantitative estimate of drug-likeness (QED) is 0.392. The summed E-state index contributed by atoms with van der Waals surface area (Å²) in [5.41, 5.74) is 3.37. The third-order valence-corrected chi connectivity index (χ3v) is 6.40. The zero-order valence-electron chi connectivity index (χ0n) is 17.1. The molecule has 0 saturated carbocycles. The second-order valence-corrected chi connectivity index (χ2v) is 9.15. The van der Waals surface area contributed by atoms with Crippen LogP contribution in [-0.4, -0.2) is 33.0 Å². The molecule has 2 fully saturated rings. The largest absolute Gasteiger partial charge is 0.280 e. The minimum absolute atomic E-state index is 0.0780. The third-order valence-electron chi connectivity index (χ3n) is 5.07. The fourth-order valence-electron chi connectivity index (χ4n) is 3.67. The maximum atomic E-state index is 13.1. The number of amides is 3. The number of carbonyl (C=O) groups is 3. The molecule has 0 spiro atoms. The minimum atomic E-state index is -0.912. The van der Waals surface area contributed by atoms with Crippen LogP contribution in [0.3, 0.4) is 0 Å². The van der Waals surface area contributed by atoms with Crippen molar-refractivity contribution in [3.8, 4) is 0 Å². The number of thioether (sulfide) groups is 1. The highest BCUT2D eigenvalue weighted by molar-refractivity contribution is 8.26. The predicted octanol–water partition coefficient (Wildman–Crippen LogP) is 4.47. The van der Waals surface area contributed by atoms with Gasteiger partial charge in [0.15, 0.2) is 0 Å². The van der Waals surface area contributed by atoms with E-state index in [4.69, 9.17) is 12.2 Å². The van der Waals surface area contributed by atoms with Gasteiger partial charge in [0.2, 0.25) is 5.91 Å². The minimum Gasteiger partial charge on any atom is -0.280 e. The molecule has 2 heterocycles. The van der Waals surface area contributed by atoms with Crippen molar-refractivity contribution < 1.29 is 14.4 Å². The summed E-state index contributed by atoms with van der Waals surface area (Å²) in [6.07, 6.45) is 3.66. The number of hydrogen-bond donors (Lipinski definition) is 0. The number of allylic oxidation sites excluding steroid dienone is 2. The Hall–Kier alpha value is -3.03. The molecule has 0 radical (unpaired) electrons. The van der Waals surface area contributed by atoms with Crippen LogP contribution in [0.25, 0.3) is 6.08 Å². The van der Waals surface area contributed by atoms with Crippen molar-refractivity contribution in [3.63, 3.8) is 0 Å². The summed E-state index contributed by atoms with van der Waals surface area (Å²) in [5.74, 6) is -1.10. The summed E-state index contributed by atoms with van der Waals surface area (Å²) < 4.78 is 0.293. The summed E-state index contributed by atoms with van der Waals surface area (Å²) in [5, 5.41) is 0. The molecule has 0 aliphatic carbocycles.